The van der Waals surface area contributed by atoms with E-state index in [1.807, 2.05) is 0 Å². The van der Waals surface area contributed by atoms with E-state index in [9.17, 15) is 24.8 Å². The fourth-order valence-corrected chi connectivity index (χ4v) is 5.65. The van der Waals surface area contributed by atoms with Gasteiger partial charge in [-0.1, -0.05) is 114 Å². The number of nitrogens with zero attached hydrogens (tertiary/aromatic N) is 2. The minimum atomic E-state index is -2.03. The lowest BCUT2D eigenvalue weighted by molar-refractivity contribution is -0.386. The highest BCUT2D eigenvalue weighted by Crippen LogP contribution is 2.27. The van der Waals surface area contributed by atoms with Crippen LogP contribution in [0.2, 0.25) is 0 Å². The van der Waals surface area contributed by atoms with E-state index < -0.39 is 18.1 Å². The Morgan fingerprint density at radius 2 is 0.739 bits per heavy atom. The molecule has 0 aliphatic carbocycles. The molecule has 2 rings (SSSR count). The molecular formula is C34H52N2O9P+. The standard InChI is InChI=1S/C34H52N2O9P/c37-35(38)31-23-15-17-25-33(31)42-27-19-11-7-3-1-5-9-13-21-29-44-46(41)45-30-22-14-10-6-2-4-8-12-20-28-43-34-26-18-16-24-32(34)36(39)40/h15-18,23-26H,1-14,19-22,27-30H2/q+1. The van der Waals surface area contributed by atoms with Crippen LogP contribution in [0.1, 0.15) is 116 Å². The average Bonchev–Trinajstić information content (AvgIpc) is 3.05. The van der Waals surface area contributed by atoms with E-state index >= 15 is 0 Å². The normalized spacial score (nSPS) is 11.0. The number of nitro groups is 2. The molecule has 0 saturated heterocycles. The number of hydrogen-bond donors (Lipinski definition) is 0. The number of hydrogen-bond acceptors (Lipinski definition) is 9. The summed E-state index contributed by atoms with van der Waals surface area (Å²) < 4.78 is 33.7. The molecular weight excluding hydrogens is 611 g/mol. The molecule has 0 aliphatic rings. The van der Waals surface area contributed by atoms with E-state index in [0.717, 1.165) is 77.0 Å². The maximum atomic E-state index is 11.9. The highest BCUT2D eigenvalue weighted by atomic mass is 31.1. The van der Waals surface area contributed by atoms with Crippen molar-refractivity contribution in [2.75, 3.05) is 26.4 Å². The topological polar surface area (TPSA) is 140 Å². The first-order chi connectivity index (χ1) is 22.5. The largest absolute Gasteiger partial charge is 0.697 e. The van der Waals surface area contributed by atoms with Crippen molar-refractivity contribution in [3.8, 4) is 11.5 Å². The fraction of sp³-hybridized carbons (Fsp3) is 0.647. The van der Waals surface area contributed by atoms with Gasteiger partial charge >= 0.3 is 19.6 Å². The van der Waals surface area contributed by atoms with E-state index in [1.165, 1.54) is 50.7 Å². The van der Waals surface area contributed by atoms with E-state index in [-0.39, 0.29) is 11.4 Å². The summed E-state index contributed by atoms with van der Waals surface area (Å²) in [4.78, 5) is 21.2. The van der Waals surface area contributed by atoms with Gasteiger partial charge in [0.1, 0.15) is 13.2 Å². The molecule has 0 unspecified atom stereocenters. The van der Waals surface area contributed by atoms with Crippen molar-refractivity contribution in [2.45, 2.75) is 116 Å². The molecule has 256 valence electrons. The van der Waals surface area contributed by atoms with E-state index in [0.29, 0.717) is 37.9 Å². The first-order valence-corrected chi connectivity index (χ1v) is 18.0. The van der Waals surface area contributed by atoms with Crippen LogP contribution in [0, 0.1) is 20.2 Å². The van der Waals surface area contributed by atoms with Crippen LogP contribution in [-0.2, 0) is 13.6 Å². The molecule has 0 heterocycles. The number of benzene rings is 2. The third kappa shape index (κ3) is 18.7. The highest BCUT2D eigenvalue weighted by Gasteiger charge is 2.19. The third-order valence-corrected chi connectivity index (χ3v) is 8.40. The predicted octanol–water partition coefficient (Wildman–Crippen LogP) is 10.7. The Kier molecular flexibility index (Phi) is 22.1. The summed E-state index contributed by atoms with van der Waals surface area (Å²) in [6, 6.07) is 12.9. The summed E-state index contributed by atoms with van der Waals surface area (Å²) in [7, 11) is -2.03. The molecule has 46 heavy (non-hydrogen) atoms. The summed E-state index contributed by atoms with van der Waals surface area (Å²) in [5.41, 5.74) is 0.0229. The van der Waals surface area contributed by atoms with Gasteiger partial charge in [-0.2, -0.15) is 0 Å². The average molecular weight is 664 g/mol. The van der Waals surface area contributed by atoms with Crippen molar-refractivity contribution < 1.29 is 32.9 Å². The molecule has 0 fully saturated rings. The minimum Gasteiger partial charge on any atom is -0.487 e. The molecule has 0 atom stereocenters. The van der Waals surface area contributed by atoms with Gasteiger partial charge in [-0.25, -0.2) is 0 Å². The van der Waals surface area contributed by atoms with Crippen molar-refractivity contribution in [1.82, 2.24) is 0 Å². The summed E-state index contributed by atoms with van der Waals surface area (Å²) >= 11 is 0. The molecule has 12 heteroatoms. The lowest BCUT2D eigenvalue weighted by Crippen LogP contribution is -2.00. The smallest absolute Gasteiger partial charge is 0.487 e. The molecule has 0 amide bonds. The monoisotopic (exact) mass is 663 g/mol. The first-order valence-electron chi connectivity index (χ1n) is 16.9. The lowest BCUT2D eigenvalue weighted by Gasteiger charge is -2.06. The van der Waals surface area contributed by atoms with E-state index in [4.69, 9.17) is 18.5 Å². The second-order valence-electron chi connectivity index (χ2n) is 11.4. The number of ether oxygens (including phenoxy) is 2. The molecule has 0 bridgehead atoms. The maximum absolute atomic E-state index is 11.9. The van der Waals surface area contributed by atoms with E-state index in [1.54, 1.807) is 36.4 Å². The summed E-state index contributed by atoms with van der Waals surface area (Å²) in [5.74, 6) is 0.669. The van der Waals surface area contributed by atoms with Gasteiger partial charge in [0.05, 0.1) is 23.1 Å². The van der Waals surface area contributed by atoms with Crippen molar-refractivity contribution in [1.29, 1.82) is 0 Å². The van der Waals surface area contributed by atoms with Gasteiger partial charge in [0.15, 0.2) is 11.5 Å². The van der Waals surface area contributed by atoms with Gasteiger partial charge in [0, 0.05) is 16.7 Å². The Hall–Kier alpha value is -3.14. The second kappa shape index (κ2) is 26.0. The van der Waals surface area contributed by atoms with Gasteiger partial charge < -0.3 is 9.47 Å². The molecule has 0 saturated carbocycles. The second-order valence-corrected chi connectivity index (χ2v) is 12.4. The highest BCUT2D eigenvalue weighted by molar-refractivity contribution is 7.33. The Morgan fingerprint density at radius 1 is 0.457 bits per heavy atom. The minimum absolute atomic E-state index is 0.0115. The van der Waals surface area contributed by atoms with Crippen molar-refractivity contribution >= 4 is 19.6 Å². The summed E-state index contributed by atoms with van der Waals surface area (Å²) in [6.07, 6.45) is 19.3. The number of para-hydroxylation sites is 4. The molecule has 0 spiro atoms. The fourth-order valence-electron chi connectivity index (χ4n) is 5.02. The zero-order valence-corrected chi connectivity index (χ0v) is 28.1. The van der Waals surface area contributed by atoms with Gasteiger partial charge in [0.25, 0.3) is 0 Å². The van der Waals surface area contributed by atoms with Crippen LogP contribution < -0.4 is 9.47 Å². The molecule has 2 aromatic rings. The Labute approximate surface area is 274 Å². The molecule has 0 aliphatic heterocycles. The number of nitro benzene ring substituents is 2. The SMILES string of the molecule is O=[N+]([O-])c1ccccc1OCCCCCCCCCCCO[P+](=O)OCCCCCCCCCCCOc1ccccc1[N+](=O)[O-]. The summed E-state index contributed by atoms with van der Waals surface area (Å²) in [5, 5.41) is 22.0. The van der Waals surface area contributed by atoms with Crippen molar-refractivity contribution in [2.24, 2.45) is 0 Å². The van der Waals surface area contributed by atoms with Gasteiger partial charge in [0.2, 0.25) is 0 Å². The Morgan fingerprint density at radius 3 is 1.07 bits per heavy atom. The molecule has 0 radical (unpaired) electrons. The van der Waals surface area contributed by atoms with Gasteiger partial charge in [-0.3, -0.25) is 20.2 Å². The van der Waals surface area contributed by atoms with Crippen LogP contribution in [0.3, 0.4) is 0 Å². The molecule has 0 aromatic heterocycles. The maximum Gasteiger partial charge on any atom is 0.697 e. The van der Waals surface area contributed by atoms with Crippen LogP contribution in [0.4, 0.5) is 11.4 Å². The third-order valence-electron chi connectivity index (χ3n) is 7.61. The zero-order valence-electron chi connectivity index (χ0n) is 27.2. The number of rotatable bonds is 30. The lowest BCUT2D eigenvalue weighted by atomic mass is 10.1. The Balaban J connectivity index is 1.26. The summed E-state index contributed by atoms with van der Waals surface area (Å²) in [6.45, 7) is 1.91. The van der Waals surface area contributed by atoms with Crippen LogP contribution >= 0.6 is 8.25 Å². The molecule has 2 aromatic carbocycles. The predicted molar refractivity (Wildman–Crippen MR) is 180 cm³/mol. The molecule has 11 nitrogen and oxygen atoms in total. The van der Waals surface area contributed by atoms with Crippen LogP contribution in [0.5, 0.6) is 11.5 Å². The zero-order chi connectivity index (χ0) is 33.1. The first kappa shape index (κ1) is 39.0. The van der Waals surface area contributed by atoms with Crippen LogP contribution in [0.25, 0.3) is 0 Å². The van der Waals surface area contributed by atoms with Crippen LogP contribution in [-0.4, -0.2) is 36.3 Å². The number of unbranched alkanes of at least 4 members (excludes halogenated alkanes) is 16. The van der Waals surface area contributed by atoms with Crippen molar-refractivity contribution in [3.63, 3.8) is 0 Å². The molecule has 0 N–H and O–H groups in total. The van der Waals surface area contributed by atoms with Crippen LogP contribution in [0.15, 0.2) is 48.5 Å². The quantitative estimate of drug-likeness (QED) is 0.0345. The van der Waals surface area contributed by atoms with E-state index in [2.05, 4.69) is 0 Å². The Bertz CT molecular complexity index is 1050. The van der Waals surface area contributed by atoms with Gasteiger partial charge in [-0.05, 0) is 37.8 Å². The van der Waals surface area contributed by atoms with Crippen molar-refractivity contribution in [3.05, 3.63) is 68.8 Å². The van der Waals surface area contributed by atoms with Gasteiger partial charge in [-0.15, -0.1) is 9.05 Å².